The zero-order valence-electron chi connectivity index (χ0n) is 16.0. The summed E-state index contributed by atoms with van der Waals surface area (Å²) in [4.78, 5) is 10.3. The lowest BCUT2D eigenvalue weighted by Gasteiger charge is -2.16. The number of hydrogen-bond donors (Lipinski definition) is 0. The summed E-state index contributed by atoms with van der Waals surface area (Å²) < 4.78 is 16.8. The highest BCUT2D eigenvalue weighted by molar-refractivity contribution is 7.15. The number of unbranched alkanes of at least 4 members (excludes halogenated alkanes) is 1. The van der Waals surface area contributed by atoms with Crippen molar-refractivity contribution in [3.05, 3.63) is 52.9 Å². The topological polar surface area (TPSA) is 52.9 Å². The van der Waals surface area contributed by atoms with Gasteiger partial charge < -0.3 is 14.2 Å². The predicted octanol–water partition coefficient (Wildman–Crippen LogP) is 5.64. The van der Waals surface area contributed by atoms with E-state index in [0.29, 0.717) is 6.61 Å². The Labute approximate surface area is 168 Å². The van der Waals surface area contributed by atoms with Crippen molar-refractivity contribution >= 4 is 22.7 Å². The lowest BCUT2D eigenvalue weighted by atomic mass is 10.1. The van der Waals surface area contributed by atoms with E-state index in [1.165, 1.54) is 0 Å². The third kappa shape index (κ3) is 4.02. The molecule has 0 spiro atoms. The first-order chi connectivity index (χ1) is 13.8. The quantitative estimate of drug-likeness (QED) is 0.384. The minimum Gasteiger partial charge on any atom is -0.497 e. The van der Waals surface area contributed by atoms with E-state index in [4.69, 9.17) is 19.2 Å². The van der Waals surface area contributed by atoms with Crippen LogP contribution >= 0.6 is 11.3 Å². The van der Waals surface area contributed by atoms with Crippen LogP contribution in [0.5, 0.6) is 17.2 Å². The van der Waals surface area contributed by atoms with Crippen molar-refractivity contribution in [3.8, 4) is 28.5 Å². The smallest absolute Gasteiger partial charge is 0.210 e. The molecule has 5 nitrogen and oxygen atoms in total. The summed E-state index contributed by atoms with van der Waals surface area (Å²) in [5, 5.41) is 0.723. The molecule has 28 heavy (non-hydrogen) atoms. The van der Waals surface area contributed by atoms with E-state index in [1.807, 2.05) is 48.7 Å². The molecule has 1 aliphatic heterocycles. The molecule has 144 valence electrons. The number of aliphatic imine (C=N–C) groups is 1. The molecule has 1 aliphatic rings. The predicted molar refractivity (Wildman–Crippen MR) is 113 cm³/mol. The van der Waals surface area contributed by atoms with Crippen molar-refractivity contribution in [1.29, 1.82) is 0 Å². The van der Waals surface area contributed by atoms with Crippen LogP contribution in [0.4, 0.5) is 5.13 Å². The Kier molecular flexibility index (Phi) is 5.58. The van der Waals surface area contributed by atoms with Gasteiger partial charge in [-0.05, 0) is 48.4 Å². The molecular weight excluding hydrogens is 372 g/mol. The molecule has 0 fully saturated rings. The molecule has 0 amide bonds. The van der Waals surface area contributed by atoms with Crippen molar-refractivity contribution in [2.24, 2.45) is 4.99 Å². The second-order valence-electron chi connectivity index (χ2n) is 6.45. The van der Waals surface area contributed by atoms with Gasteiger partial charge in [-0.2, -0.15) is 0 Å². The van der Waals surface area contributed by atoms with Crippen LogP contribution in [0.15, 0.2) is 47.5 Å². The monoisotopic (exact) mass is 394 g/mol. The summed E-state index contributed by atoms with van der Waals surface area (Å²) in [5.74, 6) is 2.46. The molecule has 0 radical (unpaired) electrons. The number of rotatable bonds is 7. The highest BCUT2D eigenvalue weighted by Crippen LogP contribution is 2.42. The van der Waals surface area contributed by atoms with Crippen LogP contribution < -0.4 is 14.2 Å². The van der Waals surface area contributed by atoms with Crippen LogP contribution in [0, 0.1) is 0 Å². The Balaban J connectivity index is 1.48. The number of nitrogens with zero attached hydrogens (tertiary/aromatic N) is 2. The second kappa shape index (κ2) is 8.44. The van der Waals surface area contributed by atoms with Crippen LogP contribution in [0.25, 0.3) is 11.3 Å². The Morgan fingerprint density at radius 1 is 1.18 bits per heavy atom. The molecule has 6 heteroatoms. The third-order valence-electron chi connectivity index (χ3n) is 4.46. The molecule has 0 bridgehead atoms. The van der Waals surface area contributed by atoms with Gasteiger partial charge in [-0.1, -0.05) is 24.7 Å². The lowest BCUT2D eigenvalue weighted by Crippen LogP contribution is -2.03. The first-order valence-electron chi connectivity index (χ1n) is 9.34. The Bertz CT molecular complexity index is 980. The summed E-state index contributed by atoms with van der Waals surface area (Å²) in [6.45, 7) is 3.41. The van der Waals surface area contributed by atoms with Crippen LogP contribution in [-0.4, -0.2) is 24.9 Å². The molecule has 0 N–H and O–H groups in total. The number of hydrogen-bond acceptors (Lipinski definition) is 6. The zero-order chi connectivity index (χ0) is 19.3. The van der Waals surface area contributed by atoms with E-state index in [1.54, 1.807) is 18.4 Å². The van der Waals surface area contributed by atoms with Gasteiger partial charge in [0.15, 0.2) is 0 Å². The number of thiazole rings is 1. The fraction of sp³-hybridized carbons (Fsp3) is 0.273. The molecule has 2 heterocycles. The summed E-state index contributed by atoms with van der Waals surface area (Å²) in [6, 6.07) is 13.7. The highest BCUT2D eigenvalue weighted by Gasteiger charge is 2.22. The lowest BCUT2D eigenvalue weighted by molar-refractivity contribution is 0.303. The van der Waals surface area contributed by atoms with Crippen LogP contribution in [0.3, 0.4) is 0 Å². The average Bonchev–Trinajstić information content (AvgIpc) is 3.16. The second-order valence-corrected chi connectivity index (χ2v) is 7.51. The van der Waals surface area contributed by atoms with Gasteiger partial charge in [-0.25, -0.2) is 9.98 Å². The number of methoxy groups -OCH3 is 1. The minimum absolute atomic E-state index is 0.506. The first-order valence-corrected chi connectivity index (χ1v) is 10.2. The normalized spacial score (nSPS) is 12.4. The van der Waals surface area contributed by atoms with E-state index in [-0.39, 0.29) is 0 Å². The van der Waals surface area contributed by atoms with Crippen LogP contribution in [-0.2, 0) is 6.61 Å². The molecule has 3 aromatic rings. The summed E-state index contributed by atoms with van der Waals surface area (Å²) >= 11 is 1.55. The third-order valence-corrected chi connectivity index (χ3v) is 5.40. The fourth-order valence-electron chi connectivity index (χ4n) is 2.91. The minimum atomic E-state index is 0.506. The molecule has 4 rings (SSSR count). The van der Waals surface area contributed by atoms with Gasteiger partial charge >= 0.3 is 0 Å². The van der Waals surface area contributed by atoms with Gasteiger partial charge in [-0.15, -0.1) is 0 Å². The molecular formula is C22H22N2O3S. The van der Waals surface area contributed by atoms with Crippen molar-refractivity contribution in [2.45, 2.75) is 26.4 Å². The molecule has 2 aromatic carbocycles. The van der Waals surface area contributed by atoms with Crippen molar-refractivity contribution in [3.63, 3.8) is 0 Å². The van der Waals surface area contributed by atoms with Gasteiger partial charge in [-0.3, -0.25) is 0 Å². The van der Waals surface area contributed by atoms with E-state index in [0.717, 1.165) is 63.5 Å². The van der Waals surface area contributed by atoms with E-state index >= 15 is 0 Å². The van der Waals surface area contributed by atoms with Crippen molar-refractivity contribution in [2.75, 3.05) is 13.7 Å². The Morgan fingerprint density at radius 2 is 2.00 bits per heavy atom. The maximum atomic E-state index is 5.85. The Hall–Kier alpha value is -2.86. The van der Waals surface area contributed by atoms with Gasteiger partial charge in [0.25, 0.3) is 0 Å². The first kappa shape index (κ1) is 18.5. The zero-order valence-corrected chi connectivity index (χ0v) is 16.8. The fourth-order valence-corrected chi connectivity index (χ4v) is 3.74. The molecule has 0 aliphatic carbocycles. The maximum absolute atomic E-state index is 5.85. The Morgan fingerprint density at radius 3 is 2.79 bits per heavy atom. The van der Waals surface area contributed by atoms with E-state index < -0.39 is 0 Å². The van der Waals surface area contributed by atoms with Crippen LogP contribution in [0.1, 0.15) is 30.2 Å². The summed E-state index contributed by atoms with van der Waals surface area (Å²) in [5.41, 5.74) is 2.94. The average molecular weight is 394 g/mol. The van der Waals surface area contributed by atoms with Gasteiger partial charge in [0.2, 0.25) is 5.13 Å². The number of benzene rings is 2. The number of fused-ring (bicyclic) bond motifs is 3. The van der Waals surface area contributed by atoms with E-state index in [2.05, 4.69) is 11.9 Å². The van der Waals surface area contributed by atoms with Crippen molar-refractivity contribution < 1.29 is 14.2 Å². The van der Waals surface area contributed by atoms with Gasteiger partial charge in [0, 0.05) is 17.8 Å². The maximum Gasteiger partial charge on any atom is 0.210 e. The molecule has 0 saturated heterocycles. The molecule has 0 saturated carbocycles. The van der Waals surface area contributed by atoms with E-state index in [9.17, 15) is 0 Å². The molecule has 1 aromatic heterocycles. The molecule has 0 unspecified atom stereocenters. The van der Waals surface area contributed by atoms with Crippen LogP contribution in [0.2, 0.25) is 0 Å². The summed E-state index contributed by atoms with van der Waals surface area (Å²) in [7, 11) is 1.65. The number of aromatic nitrogens is 1. The van der Waals surface area contributed by atoms with Gasteiger partial charge in [0.05, 0.1) is 24.3 Å². The molecule has 0 atom stereocenters. The SMILES string of the molecule is CCCCOc1ccc(C=Nc2nc3c(s2)COc2cc(OC)ccc2-3)cc1. The highest BCUT2D eigenvalue weighted by atomic mass is 32.1. The number of ether oxygens (including phenoxy) is 3. The van der Waals surface area contributed by atoms with Gasteiger partial charge in [0.1, 0.15) is 23.9 Å². The summed E-state index contributed by atoms with van der Waals surface area (Å²) in [6.07, 6.45) is 4.03. The van der Waals surface area contributed by atoms with Crippen molar-refractivity contribution in [1.82, 2.24) is 4.98 Å². The standard InChI is InChI=1S/C22H22N2O3S/c1-3-4-11-26-16-7-5-15(6-8-16)13-23-22-24-21-18-10-9-17(25-2)12-19(18)27-14-20(21)28-22/h5-10,12-13H,3-4,11,14H2,1-2H3. The largest absolute Gasteiger partial charge is 0.497 e.